The first-order chi connectivity index (χ1) is 13.2. The number of hydrogen-bond donors (Lipinski definition) is 1. The fourth-order valence-electron chi connectivity index (χ4n) is 3.47. The van der Waals surface area contributed by atoms with Crippen LogP contribution in [0.5, 0.6) is 5.75 Å². The van der Waals surface area contributed by atoms with E-state index in [1.807, 2.05) is 48.5 Å². The van der Waals surface area contributed by atoms with Crippen molar-refractivity contribution < 1.29 is 14.3 Å². The van der Waals surface area contributed by atoms with E-state index in [1.54, 1.807) is 0 Å². The summed E-state index contributed by atoms with van der Waals surface area (Å²) < 4.78 is 11.3. The van der Waals surface area contributed by atoms with Crippen molar-refractivity contribution in [1.82, 2.24) is 5.32 Å². The van der Waals surface area contributed by atoms with E-state index in [9.17, 15) is 4.79 Å². The lowest BCUT2D eigenvalue weighted by atomic mass is 10.0. The predicted octanol–water partition coefficient (Wildman–Crippen LogP) is 4.78. The van der Waals surface area contributed by atoms with Crippen LogP contribution in [0.3, 0.4) is 0 Å². The highest BCUT2D eigenvalue weighted by Gasteiger charge is 2.33. The Labute approximate surface area is 164 Å². The van der Waals surface area contributed by atoms with Gasteiger partial charge in [0.05, 0.1) is 12.1 Å². The van der Waals surface area contributed by atoms with Crippen LogP contribution >= 0.6 is 11.6 Å². The Morgan fingerprint density at radius 1 is 1.11 bits per heavy atom. The molecule has 27 heavy (non-hydrogen) atoms. The number of rotatable bonds is 7. The maximum atomic E-state index is 12.7. The SMILES string of the molecule is O=C(NC(c1ccc(Cl)cc1)C1CC1)c1ccc(OCC2CCCO2)cc1. The van der Waals surface area contributed by atoms with E-state index in [4.69, 9.17) is 21.1 Å². The van der Waals surface area contributed by atoms with Crippen molar-refractivity contribution in [3.8, 4) is 5.75 Å². The number of carbonyl (C=O) groups is 1. The van der Waals surface area contributed by atoms with Crippen LogP contribution in [0.2, 0.25) is 5.02 Å². The van der Waals surface area contributed by atoms with Gasteiger partial charge in [-0.2, -0.15) is 0 Å². The van der Waals surface area contributed by atoms with E-state index in [0.29, 0.717) is 23.1 Å². The molecule has 1 heterocycles. The summed E-state index contributed by atoms with van der Waals surface area (Å²) in [4.78, 5) is 12.7. The van der Waals surface area contributed by atoms with Crippen LogP contribution in [0.4, 0.5) is 0 Å². The smallest absolute Gasteiger partial charge is 0.251 e. The quantitative estimate of drug-likeness (QED) is 0.746. The van der Waals surface area contributed by atoms with Gasteiger partial charge in [0.1, 0.15) is 12.4 Å². The van der Waals surface area contributed by atoms with Crippen LogP contribution in [0.15, 0.2) is 48.5 Å². The van der Waals surface area contributed by atoms with Crippen molar-refractivity contribution in [3.05, 3.63) is 64.7 Å². The third kappa shape index (κ3) is 4.82. The highest BCUT2D eigenvalue weighted by atomic mass is 35.5. The summed E-state index contributed by atoms with van der Waals surface area (Å²) in [6, 6.07) is 15.1. The highest BCUT2D eigenvalue weighted by Crippen LogP contribution is 2.41. The fourth-order valence-corrected chi connectivity index (χ4v) is 3.59. The number of ether oxygens (including phenoxy) is 2. The van der Waals surface area contributed by atoms with Gasteiger partial charge in [0.15, 0.2) is 0 Å². The third-order valence-electron chi connectivity index (χ3n) is 5.19. The first-order valence-corrected chi connectivity index (χ1v) is 9.97. The second kappa shape index (κ2) is 8.32. The standard InChI is InChI=1S/C22H24ClNO3/c23-18-9-5-16(6-10-18)21(15-3-4-15)24-22(25)17-7-11-19(12-8-17)27-14-20-2-1-13-26-20/h5-12,15,20-21H,1-4,13-14H2,(H,24,25). The number of nitrogens with one attached hydrogen (secondary N) is 1. The van der Waals surface area contributed by atoms with Gasteiger partial charge in [0.25, 0.3) is 5.91 Å². The van der Waals surface area contributed by atoms with Crippen molar-refractivity contribution in [3.63, 3.8) is 0 Å². The number of amides is 1. The molecule has 2 fully saturated rings. The summed E-state index contributed by atoms with van der Waals surface area (Å²) in [5.74, 6) is 1.20. The van der Waals surface area contributed by atoms with Crippen molar-refractivity contribution >= 4 is 17.5 Å². The molecule has 2 aliphatic rings. The minimum atomic E-state index is -0.0625. The van der Waals surface area contributed by atoms with Gasteiger partial charge in [-0.05, 0) is 73.6 Å². The normalized spacial score (nSPS) is 20.3. The lowest BCUT2D eigenvalue weighted by Gasteiger charge is -2.19. The van der Waals surface area contributed by atoms with Crippen LogP contribution in [0.25, 0.3) is 0 Å². The molecule has 5 heteroatoms. The summed E-state index contributed by atoms with van der Waals surface area (Å²) in [7, 11) is 0. The van der Waals surface area contributed by atoms with Crippen LogP contribution in [-0.2, 0) is 4.74 Å². The molecule has 2 aromatic carbocycles. The van der Waals surface area contributed by atoms with E-state index in [2.05, 4.69) is 5.32 Å². The number of benzene rings is 2. The van der Waals surface area contributed by atoms with Gasteiger partial charge in [-0.15, -0.1) is 0 Å². The lowest BCUT2D eigenvalue weighted by Crippen LogP contribution is -2.29. The molecule has 4 nitrogen and oxygen atoms in total. The second-order valence-electron chi connectivity index (χ2n) is 7.31. The zero-order valence-corrected chi connectivity index (χ0v) is 16.0. The monoisotopic (exact) mass is 385 g/mol. The Hall–Kier alpha value is -2.04. The molecule has 0 radical (unpaired) electrons. The molecule has 0 bridgehead atoms. The van der Waals surface area contributed by atoms with Crippen molar-refractivity contribution in [2.75, 3.05) is 13.2 Å². The molecule has 1 aliphatic heterocycles. The van der Waals surface area contributed by atoms with Crippen molar-refractivity contribution in [1.29, 1.82) is 0 Å². The Morgan fingerprint density at radius 2 is 1.85 bits per heavy atom. The molecular formula is C22H24ClNO3. The molecule has 2 atom stereocenters. The molecule has 4 rings (SSSR count). The van der Waals surface area contributed by atoms with Gasteiger partial charge < -0.3 is 14.8 Å². The summed E-state index contributed by atoms with van der Waals surface area (Å²) in [5.41, 5.74) is 1.74. The van der Waals surface area contributed by atoms with E-state index in [0.717, 1.165) is 43.6 Å². The molecule has 1 amide bonds. The summed E-state index contributed by atoms with van der Waals surface area (Å²) in [6.07, 6.45) is 4.62. The third-order valence-corrected chi connectivity index (χ3v) is 5.44. The van der Waals surface area contributed by atoms with Crippen molar-refractivity contribution in [2.45, 2.75) is 37.8 Å². The average Bonchev–Trinajstić information content (AvgIpc) is 3.40. The fraction of sp³-hybridized carbons (Fsp3) is 0.409. The lowest BCUT2D eigenvalue weighted by molar-refractivity contribution is 0.0679. The van der Waals surface area contributed by atoms with Gasteiger partial charge in [-0.3, -0.25) is 4.79 Å². The second-order valence-corrected chi connectivity index (χ2v) is 7.75. The zero-order chi connectivity index (χ0) is 18.6. The first kappa shape index (κ1) is 18.3. The highest BCUT2D eigenvalue weighted by molar-refractivity contribution is 6.30. The predicted molar refractivity (Wildman–Crippen MR) is 105 cm³/mol. The number of carbonyl (C=O) groups excluding carboxylic acids is 1. The maximum absolute atomic E-state index is 12.7. The number of hydrogen-bond acceptors (Lipinski definition) is 3. The van der Waals surface area contributed by atoms with E-state index in [-0.39, 0.29) is 18.1 Å². The van der Waals surface area contributed by atoms with Gasteiger partial charge in [0.2, 0.25) is 0 Å². The van der Waals surface area contributed by atoms with E-state index in [1.165, 1.54) is 0 Å². The topological polar surface area (TPSA) is 47.6 Å². The Morgan fingerprint density at radius 3 is 2.48 bits per heavy atom. The number of halogens is 1. The van der Waals surface area contributed by atoms with Crippen LogP contribution in [-0.4, -0.2) is 25.2 Å². The minimum Gasteiger partial charge on any atom is -0.491 e. The van der Waals surface area contributed by atoms with E-state index < -0.39 is 0 Å². The van der Waals surface area contributed by atoms with Crippen LogP contribution in [0, 0.1) is 5.92 Å². The molecule has 1 aliphatic carbocycles. The molecular weight excluding hydrogens is 362 g/mol. The van der Waals surface area contributed by atoms with Gasteiger partial charge in [0, 0.05) is 17.2 Å². The summed E-state index contributed by atoms with van der Waals surface area (Å²) in [5, 5.41) is 3.89. The Kier molecular flexibility index (Phi) is 5.65. The molecule has 2 aromatic rings. The van der Waals surface area contributed by atoms with Crippen molar-refractivity contribution in [2.24, 2.45) is 5.92 Å². The molecule has 0 spiro atoms. The van der Waals surface area contributed by atoms with Gasteiger partial charge in [-0.1, -0.05) is 23.7 Å². The molecule has 2 unspecified atom stereocenters. The van der Waals surface area contributed by atoms with Crippen LogP contribution in [0.1, 0.15) is 47.6 Å². The first-order valence-electron chi connectivity index (χ1n) is 9.60. The van der Waals surface area contributed by atoms with E-state index >= 15 is 0 Å². The summed E-state index contributed by atoms with van der Waals surface area (Å²) in [6.45, 7) is 1.38. The molecule has 1 saturated heterocycles. The average molecular weight is 386 g/mol. The maximum Gasteiger partial charge on any atom is 0.251 e. The molecule has 1 saturated carbocycles. The Bertz CT molecular complexity index is 765. The van der Waals surface area contributed by atoms with Gasteiger partial charge in [-0.25, -0.2) is 0 Å². The Balaban J connectivity index is 1.37. The van der Waals surface area contributed by atoms with Gasteiger partial charge >= 0.3 is 0 Å². The largest absolute Gasteiger partial charge is 0.491 e. The van der Waals surface area contributed by atoms with Crippen LogP contribution < -0.4 is 10.1 Å². The molecule has 142 valence electrons. The molecule has 1 N–H and O–H groups in total. The summed E-state index contributed by atoms with van der Waals surface area (Å²) >= 11 is 5.99. The minimum absolute atomic E-state index is 0.0326. The zero-order valence-electron chi connectivity index (χ0n) is 15.2. The molecule has 0 aromatic heterocycles.